The fraction of sp³-hybridized carbons (Fsp3) is 0.867. The fourth-order valence-corrected chi connectivity index (χ4v) is 5.95. The predicted octanol–water partition coefficient (Wildman–Crippen LogP) is 3.83. The van der Waals surface area contributed by atoms with E-state index in [4.69, 9.17) is 9.36 Å². The smallest absolute Gasteiger partial charge is 0.202 e. The lowest BCUT2D eigenvalue weighted by Gasteiger charge is -2.55. The zero-order valence-corrected chi connectivity index (χ0v) is 12.7. The predicted molar refractivity (Wildman–Crippen MR) is 78.5 cm³/mol. The van der Waals surface area contributed by atoms with Crippen molar-refractivity contribution in [3.05, 3.63) is 5.82 Å². The van der Waals surface area contributed by atoms with Crippen LogP contribution in [0.3, 0.4) is 0 Å². The molecular formula is C15H23N3S. The van der Waals surface area contributed by atoms with E-state index in [0.29, 0.717) is 11.5 Å². The summed E-state index contributed by atoms with van der Waals surface area (Å²) in [6.07, 6.45) is 8.53. The summed E-state index contributed by atoms with van der Waals surface area (Å²) in [4.78, 5) is 4.84. The molecular weight excluding hydrogens is 254 g/mol. The van der Waals surface area contributed by atoms with E-state index in [2.05, 4.69) is 19.2 Å². The van der Waals surface area contributed by atoms with Gasteiger partial charge in [0.15, 0.2) is 5.82 Å². The zero-order chi connectivity index (χ0) is 13.0. The lowest BCUT2D eigenvalue weighted by molar-refractivity contribution is -0.00880. The van der Waals surface area contributed by atoms with Gasteiger partial charge in [0.2, 0.25) is 5.13 Å². The van der Waals surface area contributed by atoms with Gasteiger partial charge in [-0.15, -0.1) is 0 Å². The highest BCUT2D eigenvalue weighted by Crippen LogP contribution is 2.60. The van der Waals surface area contributed by atoms with Gasteiger partial charge in [-0.3, -0.25) is 0 Å². The van der Waals surface area contributed by atoms with Gasteiger partial charge in [-0.1, -0.05) is 0 Å². The molecule has 1 aromatic rings. The first kappa shape index (κ1) is 12.1. The lowest BCUT2D eigenvalue weighted by Crippen LogP contribution is -2.49. The Morgan fingerprint density at radius 1 is 1.11 bits per heavy atom. The molecule has 5 rings (SSSR count). The van der Waals surface area contributed by atoms with Crippen LogP contribution in [-0.2, 0) is 5.41 Å². The van der Waals surface area contributed by atoms with Crippen LogP contribution in [0.2, 0.25) is 0 Å². The lowest BCUT2D eigenvalue weighted by atomic mass is 9.49. The maximum absolute atomic E-state index is 4.84. The monoisotopic (exact) mass is 277 g/mol. The van der Waals surface area contributed by atoms with Crippen molar-refractivity contribution in [2.24, 2.45) is 17.8 Å². The van der Waals surface area contributed by atoms with Gasteiger partial charge in [-0.05, 0) is 70.1 Å². The van der Waals surface area contributed by atoms with Gasteiger partial charge in [0, 0.05) is 23.0 Å². The molecule has 0 radical (unpaired) electrons. The summed E-state index contributed by atoms with van der Waals surface area (Å²) in [6.45, 7) is 4.32. The summed E-state index contributed by atoms with van der Waals surface area (Å²) in [5.41, 5.74) is 0.349. The maximum atomic E-state index is 4.84. The number of anilines is 1. The largest absolute Gasteiger partial charge is 0.358 e. The second kappa shape index (κ2) is 4.18. The normalized spacial score (nSPS) is 40.1. The second-order valence-corrected chi connectivity index (χ2v) is 8.17. The van der Waals surface area contributed by atoms with E-state index in [1.165, 1.54) is 44.3 Å². The third-order valence-electron chi connectivity index (χ3n) is 5.35. The maximum Gasteiger partial charge on any atom is 0.202 e. The summed E-state index contributed by atoms with van der Waals surface area (Å²) in [6, 6.07) is 0.442. The molecule has 0 saturated heterocycles. The van der Waals surface area contributed by atoms with E-state index in [1.807, 2.05) is 0 Å². The molecule has 4 aliphatic rings. The SMILES string of the molecule is CC(C)Nc1nc(C23CC4CC(CC(C4)C2)C3)ns1. The van der Waals surface area contributed by atoms with Crippen molar-refractivity contribution in [3.8, 4) is 0 Å². The molecule has 0 atom stereocenters. The van der Waals surface area contributed by atoms with Crippen LogP contribution >= 0.6 is 11.5 Å². The van der Waals surface area contributed by atoms with Crippen molar-refractivity contribution in [3.63, 3.8) is 0 Å². The highest BCUT2D eigenvalue weighted by molar-refractivity contribution is 7.09. The van der Waals surface area contributed by atoms with Crippen LogP contribution < -0.4 is 5.32 Å². The Hall–Kier alpha value is -0.640. The van der Waals surface area contributed by atoms with Crippen molar-refractivity contribution in [2.75, 3.05) is 5.32 Å². The molecule has 104 valence electrons. The Morgan fingerprint density at radius 3 is 2.21 bits per heavy atom. The summed E-state index contributed by atoms with van der Waals surface area (Å²) < 4.78 is 4.73. The van der Waals surface area contributed by atoms with Crippen LogP contribution in [-0.4, -0.2) is 15.4 Å². The molecule has 4 saturated carbocycles. The molecule has 1 heterocycles. The summed E-state index contributed by atoms with van der Waals surface area (Å²) in [7, 11) is 0. The molecule has 4 bridgehead atoms. The number of nitrogens with one attached hydrogen (secondary N) is 1. The van der Waals surface area contributed by atoms with Gasteiger partial charge in [0.05, 0.1) is 0 Å². The highest BCUT2D eigenvalue weighted by atomic mass is 32.1. The molecule has 1 N–H and O–H groups in total. The van der Waals surface area contributed by atoms with E-state index >= 15 is 0 Å². The first-order valence-corrected chi connectivity index (χ1v) is 8.51. The summed E-state index contributed by atoms with van der Waals surface area (Å²) in [5, 5.41) is 4.42. The first-order chi connectivity index (χ1) is 9.13. The van der Waals surface area contributed by atoms with E-state index in [1.54, 1.807) is 11.5 Å². The van der Waals surface area contributed by atoms with E-state index in [9.17, 15) is 0 Å². The molecule has 4 aliphatic carbocycles. The molecule has 0 spiro atoms. The number of nitrogens with zero attached hydrogens (tertiary/aromatic N) is 2. The van der Waals surface area contributed by atoms with Crippen LogP contribution in [0.1, 0.15) is 58.2 Å². The van der Waals surface area contributed by atoms with Crippen molar-refractivity contribution in [2.45, 2.75) is 63.8 Å². The van der Waals surface area contributed by atoms with E-state index in [0.717, 1.165) is 22.9 Å². The van der Waals surface area contributed by atoms with Crippen molar-refractivity contribution < 1.29 is 0 Å². The number of rotatable bonds is 3. The Balaban J connectivity index is 1.62. The van der Waals surface area contributed by atoms with E-state index in [-0.39, 0.29) is 0 Å². The van der Waals surface area contributed by atoms with Crippen LogP contribution in [0.4, 0.5) is 5.13 Å². The molecule has 0 unspecified atom stereocenters. The molecule has 1 aromatic heterocycles. The molecule has 19 heavy (non-hydrogen) atoms. The molecule has 0 aromatic carbocycles. The molecule has 4 fully saturated rings. The third kappa shape index (κ3) is 1.99. The van der Waals surface area contributed by atoms with Gasteiger partial charge in [-0.25, -0.2) is 4.98 Å². The Morgan fingerprint density at radius 2 is 1.68 bits per heavy atom. The highest BCUT2D eigenvalue weighted by Gasteiger charge is 2.53. The third-order valence-corrected chi connectivity index (χ3v) is 6.00. The van der Waals surface area contributed by atoms with Crippen LogP contribution in [0.5, 0.6) is 0 Å². The van der Waals surface area contributed by atoms with E-state index < -0.39 is 0 Å². The Labute approximate surface area is 119 Å². The van der Waals surface area contributed by atoms with Crippen LogP contribution in [0, 0.1) is 17.8 Å². The number of aromatic nitrogens is 2. The Kier molecular flexibility index (Phi) is 2.66. The topological polar surface area (TPSA) is 37.8 Å². The second-order valence-electron chi connectivity index (χ2n) is 7.42. The van der Waals surface area contributed by atoms with Gasteiger partial charge < -0.3 is 5.32 Å². The van der Waals surface area contributed by atoms with Gasteiger partial charge in [0.25, 0.3) is 0 Å². The standard InChI is InChI=1S/C15H23N3S/c1-9(2)16-14-17-13(18-19-14)15-6-10-3-11(7-15)5-12(4-10)8-15/h9-12H,3-8H2,1-2H3,(H,16,17,18). The minimum absolute atomic E-state index is 0.349. The minimum atomic E-state index is 0.349. The number of hydrogen-bond acceptors (Lipinski definition) is 4. The van der Waals surface area contributed by atoms with Crippen molar-refractivity contribution in [1.29, 1.82) is 0 Å². The minimum Gasteiger partial charge on any atom is -0.358 e. The van der Waals surface area contributed by atoms with Gasteiger partial charge in [0.1, 0.15) is 0 Å². The average Bonchev–Trinajstić information content (AvgIpc) is 2.75. The first-order valence-electron chi connectivity index (χ1n) is 7.74. The molecule has 0 amide bonds. The van der Waals surface area contributed by atoms with Crippen molar-refractivity contribution in [1.82, 2.24) is 9.36 Å². The molecule has 0 aliphatic heterocycles. The summed E-state index contributed by atoms with van der Waals surface area (Å²) >= 11 is 1.55. The average molecular weight is 277 g/mol. The summed E-state index contributed by atoms with van der Waals surface area (Å²) in [5.74, 6) is 4.07. The van der Waals surface area contributed by atoms with Crippen LogP contribution in [0.15, 0.2) is 0 Å². The van der Waals surface area contributed by atoms with Crippen LogP contribution in [0.25, 0.3) is 0 Å². The van der Waals surface area contributed by atoms with Gasteiger partial charge >= 0.3 is 0 Å². The fourth-order valence-electron chi connectivity index (χ4n) is 5.13. The molecule has 3 nitrogen and oxygen atoms in total. The van der Waals surface area contributed by atoms with Crippen molar-refractivity contribution >= 4 is 16.7 Å². The number of hydrogen-bond donors (Lipinski definition) is 1. The zero-order valence-electron chi connectivity index (χ0n) is 11.9. The quantitative estimate of drug-likeness (QED) is 0.912. The Bertz CT molecular complexity index is 444. The van der Waals surface area contributed by atoms with Gasteiger partial charge in [-0.2, -0.15) is 4.37 Å². The molecule has 4 heteroatoms.